The van der Waals surface area contributed by atoms with E-state index in [0.717, 1.165) is 4.31 Å². The summed E-state index contributed by atoms with van der Waals surface area (Å²) in [5, 5.41) is 5.74. The molecule has 2 heterocycles. The van der Waals surface area contributed by atoms with Crippen molar-refractivity contribution in [1.29, 1.82) is 0 Å². The molecular formula is C16H22N4O6S. The highest BCUT2D eigenvalue weighted by Gasteiger charge is 2.31. The zero-order valence-electron chi connectivity index (χ0n) is 15.1. The molecule has 1 aromatic carbocycles. The number of fused-ring (bicyclic) bond motifs is 1. The van der Waals surface area contributed by atoms with Crippen LogP contribution in [0.2, 0.25) is 0 Å². The van der Waals surface area contributed by atoms with E-state index in [-0.39, 0.29) is 41.4 Å². The van der Waals surface area contributed by atoms with Crippen LogP contribution in [-0.2, 0) is 19.6 Å². The molecule has 27 heavy (non-hydrogen) atoms. The van der Waals surface area contributed by atoms with E-state index in [9.17, 15) is 18.0 Å². The topological polar surface area (TPSA) is 117 Å². The Morgan fingerprint density at radius 1 is 1.33 bits per heavy atom. The van der Waals surface area contributed by atoms with Gasteiger partial charge in [-0.15, -0.1) is 0 Å². The number of methoxy groups -OCH3 is 1. The second-order valence-electron chi connectivity index (χ2n) is 6.23. The Labute approximate surface area is 157 Å². The van der Waals surface area contributed by atoms with E-state index < -0.39 is 10.0 Å². The molecule has 10 nitrogen and oxygen atoms in total. The van der Waals surface area contributed by atoms with Crippen LogP contribution in [0.25, 0.3) is 0 Å². The van der Waals surface area contributed by atoms with E-state index in [1.807, 2.05) is 0 Å². The SMILES string of the molecule is COc1cc2c(cc1S(=O)(=O)N(C)CC(=O)N1CCNCC1)OCC(=O)N2. The molecule has 148 valence electrons. The maximum Gasteiger partial charge on any atom is 0.262 e. The van der Waals surface area contributed by atoms with Gasteiger partial charge in [0.25, 0.3) is 5.91 Å². The van der Waals surface area contributed by atoms with Gasteiger partial charge < -0.3 is 25.0 Å². The van der Waals surface area contributed by atoms with E-state index in [2.05, 4.69) is 10.6 Å². The van der Waals surface area contributed by atoms with Crippen LogP contribution in [0.15, 0.2) is 17.0 Å². The van der Waals surface area contributed by atoms with Gasteiger partial charge in [-0.25, -0.2) is 8.42 Å². The minimum absolute atomic E-state index is 0.0565. The third-order valence-corrected chi connectivity index (χ3v) is 6.24. The van der Waals surface area contributed by atoms with Gasteiger partial charge in [-0.1, -0.05) is 0 Å². The summed E-state index contributed by atoms with van der Waals surface area (Å²) < 4.78 is 37.5. The Bertz CT molecular complexity index is 851. The molecule has 0 saturated carbocycles. The van der Waals surface area contributed by atoms with Gasteiger partial charge in [-0.3, -0.25) is 9.59 Å². The number of nitrogens with zero attached hydrogens (tertiary/aromatic N) is 2. The molecule has 1 aromatic rings. The molecule has 0 atom stereocenters. The van der Waals surface area contributed by atoms with Crippen molar-refractivity contribution in [3.8, 4) is 11.5 Å². The third kappa shape index (κ3) is 3.99. The number of amides is 2. The molecular weight excluding hydrogens is 376 g/mol. The number of piperazine rings is 1. The number of ether oxygens (including phenoxy) is 2. The minimum atomic E-state index is -4.01. The standard InChI is InChI=1S/C16H22N4O6S/c1-19(9-16(22)20-5-3-17-4-6-20)27(23,24)14-8-12-11(7-13(14)25-2)18-15(21)10-26-12/h7-8,17H,3-6,9-10H2,1-2H3,(H,18,21). The van der Waals surface area contributed by atoms with Crippen LogP contribution >= 0.6 is 0 Å². The molecule has 2 amide bonds. The molecule has 1 fully saturated rings. The van der Waals surface area contributed by atoms with E-state index in [1.165, 1.54) is 26.3 Å². The van der Waals surface area contributed by atoms with Crippen molar-refractivity contribution in [1.82, 2.24) is 14.5 Å². The van der Waals surface area contributed by atoms with Crippen molar-refractivity contribution in [3.63, 3.8) is 0 Å². The number of benzene rings is 1. The van der Waals surface area contributed by atoms with Gasteiger partial charge in [0, 0.05) is 45.4 Å². The Balaban J connectivity index is 1.85. The van der Waals surface area contributed by atoms with Gasteiger partial charge in [0.15, 0.2) is 6.61 Å². The average Bonchev–Trinajstić information content (AvgIpc) is 2.67. The van der Waals surface area contributed by atoms with Crippen molar-refractivity contribution in [2.45, 2.75) is 4.90 Å². The summed E-state index contributed by atoms with van der Waals surface area (Å²) in [4.78, 5) is 25.3. The van der Waals surface area contributed by atoms with E-state index in [1.54, 1.807) is 4.90 Å². The number of nitrogens with one attached hydrogen (secondary N) is 2. The van der Waals surface area contributed by atoms with Crippen LogP contribution in [0.3, 0.4) is 0 Å². The molecule has 2 N–H and O–H groups in total. The summed E-state index contributed by atoms with van der Waals surface area (Å²) in [5.74, 6) is -0.307. The van der Waals surface area contributed by atoms with Gasteiger partial charge in [-0.05, 0) is 0 Å². The second kappa shape index (κ2) is 7.71. The molecule has 0 radical (unpaired) electrons. The van der Waals surface area contributed by atoms with Crippen LogP contribution in [0.4, 0.5) is 5.69 Å². The van der Waals surface area contributed by atoms with Gasteiger partial charge in [0.2, 0.25) is 15.9 Å². The first-order valence-electron chi connectivity index (χ1n) is 8.42. The first-order chi connectivity index (χ1) is 12.8. The minimum Gasteiger partial charge on any atom is -0.495 e. The number of hydrogen-bond donors (Lipinski definition) is 2. The molecule has 1 saturated heterocycles. The molecule has 0 bridgehead atoms. The van der Waals surface area contributed by atoms with E-state index >= 15 is 0 Å². The molecule has 0 unspecified atom stereocenters. The quantitative estimate of drug-likeness (QED) is 0.659. The van der Waals surface area contributed by atoms with Gasteiger partial charge in [0.05, 0.1) is 19.3 Å². The number of likely N-dealkylation sites (N-methyl/N-ethyl adjacent to an activating group) is 1. The zero-order chi connectivity index (χ0) is 19.6. The normalized spacial score (nSPS) is 17.1. The van der Waals surface area contributed by atoms with Crippen molar-refractivity contribution in [2.24, 2.45) is 0 Å². The Morgan fingerprint density at radius 3 is 2.70 bits per heavy atom. The highest BCUT2D eigenvalue weighted by molar-refractivity contribution is 7.89. The van der Waals surface area contributed by atoms with Gasteiger partial charge in [0.1, 0.15) is 16.4 Å². The number of sulfonamides is 1. The van der Waals surface area contributed by atoms with Crippen molar-refractivity contribution in [2.75, 3.05) is 58.8 Å². The molecule has 0 spiro atoms. The predicted molar refractivity (Wildman–Crippen MR) is 96.4 cm³/mol. The number of hydrogen-bond acceptors (Lipinski definition) is 7. The lowest BCUT2D eigenvalue weighted by Gasteiger charge is -2.29. The van der Waals surface area contributed by atoms with Crippen molar-refractivity contribution in [3.05, 3.63) is 12.1 Å². The van der Waals surface area contributed by atoms with Gasteiger partial charge >= 0.3 is 0 Å². The van der Waals surface area contributed by atoms with Crippen molar-refractivity contribution < 1.29 is 27.5 Å². The third-order valence-electron chi connectivity index (χ3n) is 4.41. The fourth-order valence-corrected chi connectivity index (χ4v) is 4.18. The fraction of sp³-hybridized carbons (Fsp3) is 0.500. The maximum absolute atomic E-state index is 13.0. The van der Waals surface area contributed by atoms with Crippen molar-refractivity contribution >= 4 is 27.5 Å². The highest BCUT2D eigenvalue weighted by Crippen LogP contribution is 2.38. The average molecular weight is 398 g/mol. The predicted octanol–water partition coefficient (Wildman–Crippen LogP) is -0.922. The zero-order valence-corrected chi connectivity index (χ0v) is 16.0. The Kier molecular flexibility index (Phi) is 5.53. The summed E-state index contributed by atoms with van der Waals surface area (Å²) in [5.41, 5.74) is 0.335. The summed E-state index contributed by atoms with van der Waals surface area (Å²) in [7, 11) is -1.33. The molecule has 11 heteroatoms. The summed E-state index contributed by atoms with van der Waals surface area (Å²) in [6.07, 6.45) is 0. The summed E-state index contributed by atoms with van der Waals surface area (Å²) >= 11 is 0. The number of carbonyl (C=O) groups is 2. The monoisotopic (exact) mass is 398 g/mol. The Morgan fingerprint density at radius 2 is 2.04 bits per heavy atom. The van der Waals surface area contributed by atoms with Crippen LogP contribution in [0, 0.1) is 0 Å². The van der Waals surface area contributed by atoms with Crippen LogP contribution in [0.5, 0.6) is 11.5 Å². The number of anilines is 1. The largest absolute Gasteiger partial charge is 0.495 e. The smallest absolute Gasteiger partial charge is 0.262 e. The summed E-state index contributed by atoms with van der Waals surface area (Å²) in [6.45, 7) is 1.98. The second-order valence-corrected chi connectivity index (χ2v) is 8.24. The lowest BCUT2D eigenvalue weighted by molar-refractivity contribution is -0.131. The van der Waals surface area contributed by atoms with E-state index in [4.69, 9.17) is 9.47 Å². The lowest BCUT2D eigenvalue weighted by Crippen LogP contribution is -2.49. The Hall–Kier alpha value is -2.37. The van der Waals surface area contributed by atoms with Gasteiger partial charge in [-0.2, -0.15) is 4.31 Å². The fourth-order valence-electron chi connectivity index (χ4n) is 2.91. The highest BCUT2D eigenvalue weighted by atomic mass is 32.2. The molecule has 0 aromatic heterocycles. The molecule has 3 rings (SSSR count). The first kappa shape index (κ1) is 19.4. The maximum atomic E-state index is 13.0. The molecule has 2 aliphatic heterocycles. The first-order valence-corrected chi connectivity index (χ1v) is 9.86. The molecule has 0 aliphatic carbocycles. The number of carbonyl (C=O) groups excluding carboxylic acids is 2. The lowest BCUT2D eigenvalue weighted by atomic mass is 10.2. The van der Waals surface area contributed by atoms with Crippen LogP contribution < -0.4 is 20.1 Å². The molecule has 2 aliphatic rings. The summed E-state index contributed by atoms with van der Waals surface area (Å²) in [6, 6.07) is 2.69. The van der Waals surface area contributed by atoms with Crippen LogP contribution in [0.1, 0.15) is 0 Å². The van der Waals surface area contributed by atoms with E-state index in [0.29, 0.717) is 31.9 Å². The number of rotatable bonds is 5. The van der Waals surface area contributed by atoms with Crippen LogP contribution in [-0.4, -0.2) is 82.9 Å².